The molecule has 2 nitrogen and oxygen atoms in total. The number of halogens is 1. The van der Waals surface area contributed by atoms with Crippen LogP contribution in [0.2, 0.25) is 5.02 Å². The third kappa shape index (κ3) is 7.44. The summed E-state index contributed by atoms with van der Waals surface area (Å²) in [5.74, 6) is 1.62. The van der Waals surface area contributed by atoms with Crippen LogP contribution in [-0.4, -0.2) is 19.2 Å². The van der Waals surface area contributed by atoms with Gasteiger partial charge in [-0.25, -0.2) is 0 Å². The highest BCUT2D eigenvalue weighted by Crippen LogP contribution is 2.16. The second-order valence-corrected chi connectivity index (χ2v) is 5.82. The first kappa shape index (κ1) is 16.3. The zero-order valence-corrected chi connectivity index (χ0v) is 13.0. The number of rotatable bonds is 9. The van der Waals surface area contributed by atoms with Crippen molar-refractivity contribution in [2.24, 2.45) is 5.92 Å². The molecule has 1 aromatic carbocycles. The van der Waals surface area contributed by atoms with Gasteiger partial charge in [-0.05, 0) is 56.0 Å². The first-order valence-electron chi connectivity index (χ1n) is 7.23. The summed E-state index contributed by atoms with van der Waals surface area (Å²) < 4.78 is 5.83. The van der Waals surface area contributed by atoms with Crippen molar-refractivity contribution in [3.05, 3.63) is 29.3 Å². The molecule has 3 heteroatoms. The Morgan fingerprint density at radius 1 is 1.16 bits per heavy atom. The number of hydrogen-bond donors (Lipinski definition) is 1. The van der Waals surface area contributed by atoms with Gasteiger partial charge in [0.1, 0.15) is 12.4 Å². The van der Waals surface area contributed by atoms with Crippen LogP contribution in [0.4, 0.5) is 0 Å². The monoisotopic (exact) mass is 283 g/mol. The summed E-state index contributed by atoms with van der Waals surface area (Å²) in [5, 5.41) is 4.30. The fourth-order valence-electron chi connectivity index (χ4n) is 1.85. The van der Waals surface area contributed by atoms with Crippen LogP contribution < -0.4 is 10.1 Å². The Labute approximate surface area is 122 Å². The van der Waals surface area contributed by atoms with Crippen molar-refractivity contribution >= 4 is 11.6 Å². The van der Waals surface area contributed by atoms with Crippen molar-refractivity contribution in [3.8, 4) is 5.75 Å². The van der Waals surface area contributed by atoms with E-state index >= 15 is 0 Å². The zero-order valence-electron chi connectivity index (χ0n) is 12.3. The molecule has 1 unspecified atom stereocenters. The lowest BCUT2D eigenvalue weighted by molar-refractivity contribution is 0.250. The molecule has 19 heavy (non-hydrogen) atoms. The lowest BCUT2D eigenvalue weighted by Gasteiger charge is -2.20. The Balaban J connectivity index is 2.39. The minimum absolute atomic E-state index is 0.429. The molecule has 0 aliphatic rings. The van der Waals surface area contributed by atoms with Crippen LogP contribution in [0.3, 0.4) is 0 Å². The lowest BCUT2D eigenvalue weighted by Crippen LogP contribution is -2.35. The van der Waals surface area contributed by atoms with E-state index < -0.39 is 0 Å². The Hall–Kier alpha value is -0.730. The van der Waals surface area contributed by atoms with E-state index in [0.29, 0.717) is 12.6 Å². The Kier molecular flexibility index (Phi) is 7.92. The average molecular weight is 284 g/mol. The normalized spacial score (nSPS) is 12.7. The largest absolute Gasteiger partial charge is 0.492 e. The third-order valence-electron chi connectivity index (χ3n) is 3.04. The van der Waals surface area contributed by atoms with Gasteiger partial charge in [0.15, 0.2) is 0 Å². The molecule has 0 amide bonds. The standard InChI is InChI=1S/C16H26ClNO/c1-4-11-18-15(8-5-13(2)3)12-19-16-9-6-14(17)7-10-16/h6-7,9-10,13,15,18H,4-5,8,11-12H2,1-3H3. The number of benzene rings is 1. The molecule has 1 N–H and O–H groups in total. The molecule has 0 aromatic heterocycles. The van der Waals surface area contributed by atoms with Gasteiger partial charge >= 0.3 is 0 Å². The predicted octanol–water partition coefficient (Wildman–Crippen LogP) is 4.52. The molecule has 1 rings (SSSR count). The van der Waals surface area contributed by atoms with E-state index in [9.17, 15) is 0 Å². The number of hydrogen-bond acceptors (Lipinski definition) is 2. The maximum absolute atomic E-state index is 5.86. The molecule has 0 aliphatic carbocycles. The first-order valence-corrected chi connectivity index (χ1v) is 7.61. The summed E-state index contributed by atoms with van der Waals surface area (Å²) in [6.07, 6.45) is 3.54. The van der Waals surface area contributed by atoms with Crippen molar-refractivity contribution in [1.82, 2.24) is 5.32 Å². The van der Waals surface area contributed by atoms with E-state index in [4.69, 9.17) is 16.3 Å². The van der Waals surface area contributed by atoms with Crippen LogP contribution in [0.5, 0.6) is 5.75 Å². The minimum atomic E-state index is 0.429. The average Bonchev–Trinajstić information content (AvgIpc) is 2.39. The van der Waals surface area contributed by atoms with Gasteiger partial charge in [0.25, 0.3) is 0 Å². The van der Waals surface area contributed by atoms with Crippen molar-refractivity contribution in [2.45, 2.75) is 46.1 Å². The fraction of sp³-hybridized carbons (Fsp3) is 0.625. The Morgan fingerprint density at radius 2 is 1.84 bits per heavy atom. The van der Waals surface area contributed by atoms with Gasteiger partial charge in [0, 0.05) is 11.1 Å². The highest BCUT2D eigenvalue weighted by Gasteiger charge is 2.09. The molecule has 0 saturated carbocycles. The van der Waals surface area contributed by atoms with E-state index in [1.807, 2.05) is 24.3 Å². The van der Waals surface area contributed by atoms with E-state index in [1.165, 1.54) is 6.42 Å². The lowest BCUT2D eigenvalue weighted by atomic mass is 10.0. The van der Waals surface area contributed by atoms with E-state index in [-0.39, 0.29) is 0 Å². The maximum Gasteiger partial charge on any atom is 0.119 e. The number of nitrogens with one attached hydrogen (secondary N) is 1. The smallest absolute Gasteiger partial charge is 0.119 e. The Morgan fingerprint density at radius 3 is 2.42 bits per heavy atom. The molecule has 0 heterocycles. The van der Waals surface area contributed by atoms with Gasteiger partial charge in [-0.15, -0.1) is 0 Å². The van der Waals surface area contributed by atoms with Gasteiger partial charge in [0.05, 0.1) is 0 Å². The maximum atomic E-state index is 5.86. The molecule has 1 atom stereocenters. The molecule has 0 bridgehead atoms. The van der Waals surface area contributed by atoms with Crippen LogP contribution in [0.15, 0.2) is 24.3 Å². The minimum Gasteiger partial charge on any atom is -0.492 e. The first-order chi connectivity index (χ1) is 9.11. The molecule has 0 fully saturated rings. The fourth-order valence-corrected chi connectivity index (χ4v) is 1.98. The second kappa shape index (κ2) is 9.22. The number of ether oxygens (including phenoxy) is 1. The van der Waals surface area contributed by atoms with Crippen LogP contribution in [0.25, 0.3) is 0 Å². The second-order valence-electron chi connectivity index (χ2n) is 5.39. The van der Waals surface area contributed by atoms with E-state index in [1.54, 1.807) is 0 Å². The van der Waals surface area contributed by atoms with Crippen molar-refractivity contribution in [1.29, 1.82) is 0 Å². The van der Waals surface area contributed by atoms with Crippen molar-refractivity contribution in [2.75, 3.05) is 13.2 Å². The SMILES string of the molecule is CCCNC(CCC(C)C)COc1ccc(Cl)cc1. The van der Waals surface area contributed by atoms with Gasteiger partial charge in [-0.3, -0.25) is 0 Å². The molecular formula is C16H26ClNO. The molecule has 108 valence electrons. The summed E-state index contributed by atoms with van der Waals surface area (Å²) in [4.78, 5) is 0. The summed E-state index contributed by atoms with van der Waals surface area (Å²) in [5.41, 5.74) is 0. The van der Waals surface area contributed by atoms with Crippen LogP contribution in [0, 0.1) is 5.92 Å². The molecule has 0 aliphatic heterocycles. The third-order valence-corrected chi connectivity index (χ3v) is 3.29. The van der Waals surface area contributed by atoms with Gasteiger partial charge in [0.2, 0.25) is 0 Å². The molecule has 1 aromatic rings. The summed E-state index contributed by atoms with van der Waals surface area (Å²) in [6, 6.07) is 7.99. The van der Waals surface area contributed by atoms with Crippen molar-refractivity contribution in [3.63, 3.8) is 0 Å². The predicted molar refractivity (Wildman–Crippen MR) is 83.1 cm³/mol. The molecular weight excluding hydrogens is 258 g/mol. The summed E-state index contributed by atoms with van der Waals surface area (Å²) in [7, 11) is 0. The summed E-state index contributed by atoms with van der Waals surface area (Å²) in [6.45, 7) is 8.47. The van der Waals surface area contributed by atoms with E-state index in [0.717, 1.165) is 36.1 Å². The zero-order chi connectivity index (χ0) is 14.1. The highest BCUT2D eigenvalue weighted by molar-refractivity contribution is 6.30. The van der Waals surface area contributed by atoms with Crippen molar-refractivity contribution < 1.29 is 4.74 Å². The van der Waals surface area contributed by atoms with Crippen LogP contribution >= 0.6 is 11.6 Å². The van der Waals surface area contributed by atoms with Gasteiger partial charge in [-0.1, -0.05) is 32.4 Å². The molecule has 0 saturated heterocycles. The van der Waals surface area contributed by atoms with Crippen LogP contribution in [-0.2, 0) is 0 Å². The Bertz CT molecular complexity index is 337. The summed E-state index contributed by atoms with van der Waals surface area (Å²) >= 11 is 5.86. The topological polar surface area (TPSA) is 21.3 Å². The highest BCUT2D eigenvalue weighted by atomic mass is 35.5. The quantitative estimate of drug-likeness (QED) is 0.719. The molecule has 0 spiro atoms. The van der Waals surface area contributed by atoms with Crippen LogP contribution in [0.1, 0.15) is 40.0 Å². The van der Waals surface area contributed by atoms with Gasteiger partial charge < -0.3 is 10.1 Å². The van der Waals surface area contributed by atoms with Gasteiger partial charge in [-0.2, -0.15) is 0 Å². The molecule has 0 radical (unpaired) electrons. The van der Waals surface area contributed by atoms with E-state index in [2.05, 4.69) is 26.1 Å².